The van der Waals surface area contributed by atoms with Gasteiger partial charge >= 0.3 is 5.97 Å². The van der Waals surface area contributed by atoms with E-state index >= 15 is 0 Å². The van der Waals surface area contributed by atoms with Gasteiger partial charge in [0.1, 0.15) is 11.1 Å². The van der Waals surface area contributed by atoms with Gasteiger partial charge < -0.3 is 19.3 Å². The largest absolute Gasteiger partial charge is 0.481 e. The Balaban J connectivity index is 2.18. The van der Waals surface area contributed by atoms with Crippen LogP contribution in [0.2, 0.25) is 0 Å². The van der Waals surface area contributed by atoms with E-state index in [1.165, 1.54) is 7.11 Å². The van der Waals surface area contributed by atoms with Gasteiger partial charge in [-0.05, 0) is 28.4 Å². The standard InChI is InChI=1S/C13H17BrN2O4/c1-15-6-9(14)5-10(15)11(17)16-4-3-13(7-16,8-20-2)12(18)19/h5-6H,3-4,7-8H2,1-2H3,(H,18,19). The maximum atomic E-state index is 12.4. The number of halogens is 1. The first-order valence-electron chi connectivity index (χ1n) is 6.23. The van der Waals surface area contributed by atoms with E-state index in [1.807, 2.05) is 0 Å². The average Bonchev–Trinajstić information content (AvgIpc) is 2.94. The first-order valence-corrected chi connectivity index (χ1v) is 7.02. The molecule has 0 saturated carbocycles. The van der Waals surface area contributed by atoms with E-state index in [0.717, 1.165) is 4.47 Å². The third-order valence-corrected chi connectivity index (χ3v) is 4.14. The number of hydrogen-bond acceptors (Lipinski definition) is 3. The molecule has 0 aliphatic carbocycles. The molecule has 20 heavy (non-hydrogen) atoms. The molecular weight excluding hydrogens is 328 g/mol. The molecule has 1 fully saturated rings. The van der Waals surface area contributed by atoms with E-state index in [4.69, 9.17) is 4.74 Å². The molecule has 0 aromatic carbocycles. The number of likely N-dealkylation sites (tertiary alicyclic amines) is 1. The van der Waals surface area contributed by atoms with Crippen LogP contribution in [0.25, 0.3) is 0 Å². The summed E-state index contributed by atoms with van der Waals surface area (Å²) in [4.78, 5) is 25.5. The predicted molar refractivity (Wildman–Crippen MR) is 75.6 cm³/mol. The van der Waals surface area contributed by atoms with Crippen molar-refractivity contribution in [3.8, 4) is 0 Å². The summed E-state index contributed by atoms with van der Waals surface area (Å²) < 4.78 is 7.57. The van der Waals surface area contributed by atoms with Crippen LogP contribution in [0.1, 0.15) is 16.9 Å². The number of nitrogens with zero attached hydrogens (tertiary/aromatic N) is 2. The summed E-state index contributed by atoms with van der Waals surface area (Å²) in [7, 11) is 3.26. The lowest BCUT2D eigenvalue weighted by molar-refractivity contribution is -0.151. The van der Waals surface area contributed by atoms with Crippen LogP contribution in [0.5, 0.6) is 0 Å². The fraction of sp³-hybridized carbons (Fsp3) is 0.538. The van der Waals surface area contributed by atoms with Crippen LogP contribution in [-0.2, 0) is 16.6 Å². The zero-order valence-corrected chi connectivity index (χ0v) is 13.0. The molecule has 1 unspecified atom stereocenters. The topological polar surface area (TPSA) is 71.8 Å². The van der Waals surface area contributed by atoms with Gasteiger partial charge in [0.2, 0.25) is 0 Å². The molecule has 0 bridgehead atoms. The zero-order chi connectivity index (χ0) is 14.9. The van der Waals surface area contributed by atoms with Gasteiger partial charge in [0.15, 0.2) is 0 Å². The number of carboxylic acids is 1. The first-order chi connectivity index (χ1) is 9.39. The van der Waals surface area contributed by atoms with Crippen molar-refractivity contribution in [3.63, 3.8) is 0 Å². The van der Waals surface area contributed by atoms with Crippen LogP contribution in [-0.4, -0.2) is 53.3 Å². The fourth-order valence-corrected chi connectivity index (χ4v) is 3.10. The second kappa shape index (κ2) is 5.57. The van der Waals surface area contributed by atoms with E-state index < -0.39 is 11.4 Å². The van der Waals surface area contributed by atoms with Crippen molar-refractivity contribution in [2.45, 2.75) is 6.42 Å². The second-order valence-corrected chi connectivity index (χ2v) is 6.07. The van der Waals surface area contributed by atoms with Crippen LogP contribution >= 0.6 is 15.9 Å². The highest BCUT2D eigenvalue weighted by Gasteiger charge is 2.46. The van der Waals surface area contributed by atoms with Crippen molar-refractivity contribution >= 4 is 27.8 Å². The van der Waals surface area contributed by atoms with Crippen LogP contribution in [0, 0.1) is 5.41 Å². The highest BCUT2D eigenvalue weighted by atomic mass is 79.9. The van der Waals surface area contributed by atoms with Gasteiger partial charge in [0, 0.05) is 37.9 Å². The fourth-order valence-electron chi connectivity index (χ4n) is 2.58. The van der Waals surface area contributed by atoms with Gasteiger partial charge in [-0.2, -0.15) is 0 Å². The normalized spacial score (nSPS) is 22.2. The van der Waals surface area contributed by atoms with Crippen molar-refractivity contribution < 1.29 is 19.4 Å². The highest BCUT2D eigenvalue weighted by molar-refractivity contribution is 9.10. The number of rotatable bonds is 4. The van der Waals surface area contributed by atoms with Gasteiger partial charge in [-0.15, -0.1) is 0 Å². The SMILES string of the molecule is COCC1(C(=O)O)CCN(C(=O)c2cc(Br)cn2C)C1. The molecule has 0 radical (unpaired) electrons. The molecular formula is C13H17BrN2O4. The molecule has 6 nitrogen and oxygen atoms in total. The van der Waals surface area contributed by atoms with Gasteiger partial charge in [-0.25, -0.2) is 0 Å². The summed E-state index contributed by atoms with van der Waals surface area (Å²) >= 11 is 3.32. The van der Waals surface area contributed by atoms with E-state index in [-0.39, 0.29) is 19.1 Å². The first kappa shape index (κ1) is 15.1. The van der Waals surface area contributed by atoms with Crippen molar-refractivity contribution in [1.29, 1.82) is 0 Å². The van der Waals surface area contributed by atoms with Crippen LogP contribution in [0.4, 0.5) is 0 Å². The van der Waals surface area contributed by atoms with Gasteiger partial charge in [0.25, 0.3) is 5.91 Å². The van der Waals surface area contributed by atoms with Crippen molar-refractivity contribution in [1.82, 2.24) is 9.47 Å². The summed E-state index contributed by atoms with van der Waals surface area (Å²) in [6, 6.07) is 1.74. The number of aromatic nitrogens is 1. The Morgan fingerprint density at radius 3 is 2.75 bits per heavy atom. The van der Waals surface area contributed by atoms with E-state index in [1.54, 1.807) is 28.8 Å². The maximum Gasteiger partial charge on any atom is 0.313 e. The highest BCUT2D eigenvalue weighted by Crippen LogP contribution is 2.32. The minimum Gasteiger partial charge on any atom is -0.481 e. The van der Waals surface area contributed by atoms with Crippen molar-refractivity contribution in [2.24, 2.45) is 12.5 Å². The molecule has 7 heteroatoms. The average molecular weight is 345 g/mol. The summed E-state index contributed by atoms with van der Waals surface area (Å²) in [6.45, 7) is 0.720. The lowest BCUT2D eigenvalue weighted by Gasteiger charge is -2.23. The molecule has 1 N–H and O–H groups in total. The number of carbonyl (C=O) groups is 2. The van der Waals surface area contributed by atoms with Crippen molar-refractivity contribution in [3.05, 3.63) is 22.4 Å². The second-order valence-electron chi connectivity index (χ2n) is 5.15. The van der Waals surface area contributed by atoms with E-state index in [2.05, 4.69) is 15.9 Å². The van der Waals surface area contributed by atoms with Crippen LogP contribution in [0.15, 0.2) is 16.7 Å². The Kier molecular flexibility index (Phi) is 4.19. The molecule has 0 spiro atoms. The Labute approximate surface area is 125 Å². The number of carbonyl (C=O) groups excluding carboxylic acids is 1. The number of amides is 1. The minimum absolute atomic E-state index is 0.114. The molecule has 2 heterocycles. The van der Waals surface area contributed by atoms with Gasteiger partial charge in [0.05, 0.1) is 6.61 Å². The van der Waals surface area contributed by atoms with Crippen LogP contribution in [0.3, 0.4) is 0 Å². The zero-order valence-electron chi connectivity index (χ0n) is 11.4. The predicted octanol–water partition coefficient (Wildman–Crippen LogP) is 1.35. The molecule has 110 valence electrons. The number of hydrogen-bond donors (Lipinski definition) is 1. The van der Waals surface area contributed by atoms with Crippen molar-refractivity contribution in [2.75, 3.05) is 26.8 Å². The molecule has 1 aliphatic rings. The number of ether oxygens (including phenoxy) is 1. The summed E-state index contributed by atoms with van der Waals surface area (Å²) in [5, 5.41) is 9.39. The molecule has 1 saturated heterocycles. The lowest BCUT2D eigenvalue weighted by Crippen LogP contribution is -2.40. The smallest absolute Gasteiger partial charge is 0.313 e. The third-order valence-electron chi connectivity index (χ3n) is 3.71. The van der Waals surface area contributed by atoms with E-state index in [9.17, 15) is 14.7 Å². The maximum absolute atomic E-state index is 12.4. The molecule has 1 aromatic rings. The van der Waals surface area contributed by atoms with E-state index in [0.29, 0.717) is 18.7 Å². The van der Waals surface area contributed by atoms with Gasteiger partial charge in [-0.3, -0.25) is 9.59 Å². The molecule has 1 aliphatic heterocycles. The third kappa shape index (κ3) is 2.60. The quantitative estimate of drug-likeness (QED) is 0.894. The summed E-state index contributed by atoms with van der Waals surface area (Å²) in [5.74, 6) is -1.07. The number of aliphatic carboxylic acids is 1. The molecule has 1 atom stereocenters. The Morgan fingerprint density at radius 2 is 2.25 bits per heavy atom. The summed E-state index contributed by atoms with van der Waals surface area (Å²) in [6.07, 6.45) is 2.20. The van der Waals surface area contributed by atoms with Crippen LogP contribution < -0.4 is 0 Å². The number of methoxy groups -OCH3 is 1. The molecule has 1 amide bonds. The molecule has 2 rings (SSSR count). The number of aryl methyl sites for hydroxylation is 1. The molecule has 1 aromatic heterocycles. The number of carboxylic acid groups (broad SMARTS) is 1. The Morgan fingerprint density at radius 1 is 1.55 bits per heavy atom. The van der Waals surface area contributed by atoms with Gasteiger partial charge in [-0.1, -0.05) is 0 Å². The monoisotopic (exact) mass is 344 g/mol. The summed E-state index contributed by atoms with van der Waals surface area (Å²) in [5.41, 5.74) is -0.456. The Hall–Kier alpha value is -1.34. The minimum atomic E-state index is -0.993. The lowest BCUT2D eigenvalue weighted by atomic mass is 9.88. The Bertz CT molecular complexity index is 542.